The van der Waals surface area contributed by atoms with Gasteiger partial charge in [-0.05, 0) is 0 Å². The molecule has 57 valence electrons. The standard InChI is InChI=1S/CN3O6.Li.H/c5-2(6)1(3(7)8)4(9)10;;. The van der Waals surface area contributed by atoms with Crippen molar-refractivity contribution in [2.24, 2.45) is 0 Å². The summed E-state index contributed by atoms with van der Waals surface area (Å²) in [5.41, 5.74) is 0. The molecule has 9 nitrogen and oxygen atoms in total. The summed E-state index contributed by atoms with van der Waals surface area (Å²) in [4.78, 5) is 23.4. The Morgan fingerprint density at radius 1 is 0.818 bits per heavy atom. The minimum absolute atomic E-state index is 0. The van der Waals surface area contributed by atoms with Gasteiger partial charge >= 0.3 is 25.2 Å². The SMILES string of the molecule is O=[N+]([O-])[C]([N+](=O)[O-])[N+](=O)[O-].[LiH]. The maximum atomic E-state index is 9.47. The fourth-order valence-electron chi connectivity index (χ4n) is 0.200. The molecule has 0 saturated heterocycles. The summed E-state index contributed by atoms with van der Waals surface area (Å²) in [5.74, 6) is 0. The van der Waals surface area contributed by atoms with Crippen LogP contribution in [0.15, 0.2) is 0 Å². The maximum absolute atomic E-state index is 9.47. The van der Waals surface area contributed by atoms with Gasteiger partial charge in [0, 0.05) is 0 Å². The molecule has 0 saturated carbocycles. The van der Waals surface area contributed by atoms with E-state index in [1.807, 2.05) is 0 Å². The second-order valence-electron chi connectivity index (χ2n) is 1.07. The van der Waals surface area contributed by atoms with E-state index in [4.69, 9.17) is 0 Å². The van der Waals surface area contributed by atoms with Crippen molar-refractivity contribution in [3.05, 3.63) is 36.6 Å². The molecule has 11 heavy (non-hydrogen) atoms. The van der Waals surface area contributed by atoms with Crippen LogP contribution in [0, 0.1) is 36.6 Å². The molecule has 0 heterocycles. The Labute approximate surface area is 71.0 Å². The Hall–Kier alpha value is -1.20. The Kier molecular flexibility index (Phi) is 5.20. The van der Waals surface area contributed by atoms with Gasteiger partial charge in [0.25, 0.3) is 0 Å². The number of rotatable bonds is 3. The van der Waals surface area contributed by atoms with Crippen LogP contribution in [0.1, 0.15) is 0 Å². The molecule has 0 atom stereocenters. The van der Waals surface area contributed by atoms with Gasteiger partial charge in [-0.1, -0.05) is 0 Å². The number of hydrogen-bond acceptors (Lipinski definition) is 6. The van der Waals surface area contributed by atoms with Crippen molar-refractivity contribution >= 4 is 18.9 Å². The van der Waals surface area contributed by atoms with Crippen LogP contribution in [0.5, 0.6) is 0 Å². The first kappa shape index (κ1) is 12.5. The normalized spacial score (nSPS) is 8.45. The van der Waals surface area contributed by atoms with Crippen LogP contribution in [0.3, 0.4) is 0 Å². The van der Waals surface area contributed by atoms with Crippen LogP contribution in [-0.2, 0) is 0 Å². The molecule has 0 aliphatic carbocycles. The number of hydrogen-bond donors (Lipinski definition) is 0. The van der Waals surface area contributed by atoms with Gasteiger partial charge in [0.15, 0.2) is 14.8 Å². The van der Waals surface area contributed by atoms with Gasteiger partial charge in [-0.15, -0.1) is 0 Å². The van der Waals surface area contributed by atoms with Gasteiger partial charge in [0.1, 0.15) is 0 Å². The van der Waals surface area contributed by atoms with Gasteiger partial charge in [-0.3, -0.25) is 30.3 Å². The summed E-state index contributed by atoms with van der Waals surface area (Å²) in [6, 6.07) is 0. The van der Waals surface area contributed by atoms with Crippen molar-refractivity contribution < 1.29 is 14.8 Å². The fourth-order valence-corrected chi connectivity index (χ4v) is 0.200. The van der Waals surface area contributed by atoms with Crippen LogP contribution in [-0.4, -0.2) is 33.6 Å². The molecular weight excluding hydrogens is 157 g/mol. The van der Waals surface area contributed by atoms with Crippen molar-refractivity contribution in [2.45, 2.75) is 0 Å². The van der Waals surface area contributed by atoms with Gasteiger partial charge in [0.2, 0.25) is 0 Å². The molecule has 10 heteroatoms. The van der Waals surface area contributed by atoms with E-state index in [0.717, 1.165) is 0 Å². The molecule has 0 aliphatic rings. The molecule has 0 aliphatic heterocycles. The average Bonchev–Trinajstić information content (AvgIpc) is 1.59. The molecule has 0 unspecified atom stereocenters. The number of nitro groups is 3. The summed E-state index contributed by atoms with van der Waals surface area (Å²) >= 11 is 0. The van der Waals surface area contributed by atoms with E-state index in [0.29, 0.717) is 0 Å². The second kappa shape index (κ2) is 4.59. The molecule has 0 amide bonds. The van der Waals surface area contributed by atoms with E-state index in [2.05, 4.69) is 0 Å². The summed E-state index contributed by atoms with van der Waals surface area (Å²) < 4.78 is 0. The van der Waals surface area contributed by atoms with E-state index in [1.165, 1.54) is 0 Å². The molecule has 1 radical (unpaired) electrons. The van der Waals surface area contributed by atoms with Crippen LogP contribution in [0.25, 0.3) is 0 Å². The van der Waals surface area contributed by atoms with Crippen LogP contribution < -0.4 is 0 Å². The monoisotopic (exact) mass is 158 g/mol. The zero-order chi connectivity index (χ0) is 8.31. The Morgan fingerprint density at radius 3 is 1.00 bits per heavy atom. The van der Waals surface area contributed by atoms with Crippen molar-refractivity contribution in [3.8, 4) is 0 Å². The number of nitrogens with zero attached hydrogens (tertiary/aromatic N) is 3. The fraction of sp³-hybridized carbons (Fsp3) is 0. The van der Waals surface area contributed by atoms with E-state index in [-0.39, 0.29) is 18.9 Å². The topological polar surface area (TPSA) is 129 Å². The molecule has 0 spiro atoms. The minimum atomic E-state index is -2.14. The summed E-state index contributed by atoms with van der Waals surface area (Å²) in [7, 11) is 0. The molecular formula is CHLiN3O6. The molecule has 0 N–H and O–H groups in total. The third-order valence-corrected chi connectivity index (χ3v) is 0.490. The van der Waals surface area contributed by atoms with Crippen LogP contribution in [0.2, 0.25) is 0 Å². The van der Waals surface area contributed by atoms with E-state index in [9.17, 15) is 30.3 Å². The quantitative estimate of drug-likeness (QED) is 0.282. The van der Waals surface area contributed by atoms with Gasteiger partial charge in [0.05, 0.1) is 0 Å². The first-order valence-corrected chi connectivity index (χ1v) is 1.77. The van der Waals surface area contributed by atoms with Crippen molar-refractivity contribution in [2.75, 3.05) is 0 Å². The first-order chi connectivity index (χ1) is 4.46. The Balaban J connectivity index is 0. The molecule has 0 aromatic heterocycles. The average molecular weight is 158 g/mol. The molecule has 0 fully saturated rings. The van der Waals surface area contributed by atoms with Crippen molar-refractivity contribution in [1.82, 2.24) is 0 Å². The van der Waals surface area contributed by atoms with Gasteiger partial charge in [-0.25, -0.2) is 0 Å². The predicted octanol–water partition coefficient (Wildman–Crippen LogP) is -1.39. The Bertz CT molecular complexity index is 157. The molecule has 0 rings (SSSR count). The van der Waals surface area contributed by atoms with Gasteiger partial charge in [-0.2, -0.15) is 0 Å². The zero-order valence-electron chi connectivity index (χ0n) is 4.29. The second-order valence-corrected chi connectivity index (χ2v) is 1.07. The summed E-state index contributed by atoms with van der Waals surface area (Å²) in [5, 5.41) is 28.4. The molecule has 0 aromatic carbocycles. The van der Waals surface area contributed by atoms with Crippen molar-refractivity contribution in [3.63, 3.8) is 0 Å². The molecule has 0 aromatic rings. The van der Waals surface area contributed by atoms with E-state index >= 15 is 0 Å². The van der Waals surface area contributed by atoms with E-state index in [1.54, 1.807) is 0 Å². The summed E-state index contributed by atoms with van der Waals surface area (Å²) in [6.07, 6.45) is -2.14. The zero-order valence-corrected chi connectivity index (χ0v) is 4.29. The molecule has 0 bridgehead atoms. The third kappa shape index (κ3) is 3.49. The van der Waals surface area contributed by atoms with Gasteiger partial charge < -0.3 is 0 Å². The van der Waals surface area contributed by atoms with Crippen LogP contribution >= 0.6 is 0 Å². The predicted molar refractivity (Wildman–Crippen MR) is 31.4 cm³/mol. The van der Waals surface area contributed by atoms with E-state index < -0.39 is 21.1 Å². The third-order valence-electron chi connectivity index (χ3n) is 0.490. The van der Waals surface area contributed by atoms with Crippen molar-refractivity contribution in [1.29, 1.82) is 0 Å². The summed E-state index contributed by atoms with van der Waals surface area (Å²) in [6.45, 7) is 0. The van der Waals surface area contributed by atoms with Crippen LogP contribution in [0.4, 0.5) is 0 Å². The Morgan fingerprint density at radius 2 is 1.00 bits per heavy atom. The first-order valence-electron chi connectivity index (χ1n) is 1.77.